The number of nitrogens with one attached hydrogen (secondary N) is 1. The van der Waals surface area contributed by atoms with Gasteiger partial charge >= 0.3 is 0 Å². The molecule has 1 fully saturated rings. The van der Waals surface area contributed by atoms with Gasteiger partial charge < -0.3 is 19.2 Å². The lowest BCUT2D eigenvalue weighted by Crippen LogP contribution is -2.35. The minimum Gasteiger partial charge on any atom is -0.355 e. The van der Waals surface area contributed by atoms with Gasteiger partial charge in [0, 0.05) is 32.3 Å². The molecule has 0 unspecified atom stereocenters. The quantitative estimate of drug-likeness (QED) is 0.649. The number of rotatable bonds is 7. The molecule has 30 heavy (non-hydrogen) atoms. The van der Waals surface area contributed by atoms with E-state index < -0.39 is 0 Å². The number of hydrogen-bond acceptors (Lipinski definition) is 3. The molecule has 1 aliphatic heterocycles. The molecular formula is C23H29FN4O2. The second-order valence-electron chi connectivity index (χ2n) is 8.06. The first-order chi connectivity index (χ1) is 14.6. The van der Waals surface area contributed by atoms with Crippen LogP contribution in [0, 0.1) is 5.82 Å². The normalized spacial score (nSPS) is 15.5. The van der Waals surface area contributed by atoms with Crippen molar-refractivity contribution in [2.24, 2.45) is 0 Å². The van der Waals surface area contributed by atoms with Crippen LogP contribution >= 0.6 is 0 Å². The van der Waals surface area contributed by atoms with E-state index in [0.717, 1.165) is 25.2 Å². The maximum atomic E-state index is 13.9. The molecule has 0 atom stereocenters. The average molecular weight is 413 g/mol. The predicted octanol–water partition coefficient (Wildman–Crippen LogP) is 3.17. The average Bonchev–Trinajstić information content (AvgIpc) is 3.08. The highest BCUT2D eigenvalue weighted by Gasteiger charge is 2.12. The van der Waals surface area contributed by atoms with Gasteiger partial charge in [-0.05, 0) is 62.7 Å². The number of nitrogens with zero attached hydrogens (tertiary/aromatic N) is 3. The van der Waals surface area contributed by atoms with Gasteiger partial charge in [-0.3, -0.25) is 9.59 Å². The largest absolute Gasteiger partial charge is 0.355 e. The van der Waals surface area contributed by atoms with Crippen molar-refractivity contribution >= 4 is 22.5 Å². The molecule has 1 aromatic carbocycles. The number of fused-ring (bicyclic) bond motifs is 3. The van der Waals surface area contributed by atoms with E-state index >= 15 is 0 Å². The third kappa shape index (κ3) is 4.56. The minimum atomic E-state index is -0.381. The molecule has 0 spiro atoms. The molecule has 1 N–H and O–H groups in total. The molecule has 3 heterocycles. The number of likely N-dealkylation sites (tertiary alicyclic amines) is 1. The first-order valence-electron chi connectivity index (χ1n) is 10.9. The number of carbonyl (C=O) groups excluding carboxylic acids is 1. The molecule has 1 amide bonds. The number of halogens is 1. The SMILES string of the molecule is O=C(CCCn1c(=O)c2cccn2c2ccc(F)cc21)NCCN1CCCCCC1. The molecule has 160 valence electrons. The standard InChI is InChI=1S/C23H29FN4O2/c24-18-9-10-19-21(17-18)28(23(30)20-7-5-14-27(19)20)15-6-8-22(29)25-11-16-26-12-3-1-2-4-13-26/h5,7,9-10,14,17H,1-4,6,8,11-13,15-16H2,(H,25,29). The topological polar surface area (TPSA) is 58.8 Å². The Morgan fingerprint density at radius 1 is 1.00 bits per heavy atom. The van der Waals surface area contributed by atoms with Crippen LogP contribution in [0.2, 0.25) is 0 Å². The van der Waals surface area contributed by atoms with Crippen molar-refractivity contribution in [3.63, 3.8) is 0 Å². The smallest absolute Gasteiger partial charge is 0.275 e. The number of carbonyl (C=O) groups is 1. The molecule has 3 aromatic rings. The maximum Gasteiger partial charge on any atom is 0.275 e. The second kappa shape index (κ2) is 9.43. The Morgan fingerprint density at radius 2 is 1.80 bits per heavy atom. The van der Waals surface area contributed by atoms with Gasteiger partial charge in [0.15, 0.2) is 0 Å². The van der Waals surface area contributed by atoms with Gasteiger partial charge in [0.05, 0.1) is 11.0 Å². The molecular weight excluding hydrogens is 383 g/mol. The van der Waals surface area contributed by atoms with Gasteiger partial charge in [0.1, 0.15) is 11.3 Å². The van der Waals surface area contributed by atoms with Crippen LogP contribution in [0.5, 0.6) is 0 Å². The van der Waals surface area contributed by atoms with E-state index in [2.05, 4.69) is 10.2 Å². The van der Waals surface area contributed by atoms with E-state index in [4.69, 9.17) is 0 Å². The number of amides is 1. The molecule has 4 rings (SSSR count). The lowest BCUT2D eigenvalue weighted by molar-refractivity contribution is -0.121. The van der Waals surface area contributed by atoms with Crippen molar-refractivity contribution in [3.05, 3.63) is 52.7 Å². The predicted molar refractivity (Wildman–Crippen MR) is 116 cm³/mol. The Bertz CT molecular complexity index is 1080. The molecule has 6 nitrogen and oxygen atoms in total. The van der Waals surface area contributed by atoms with Gasteiger partial charge in [0.25, 0.3) is 5.56 Å². The molecule has 2 aromatic heterocycles. The molecule has 0 bridgehead atoms. The third-order valence-corrected chi connectivity index (χ3v) is 5.94. The summed E-state index contributed by atoms with van der Waals surface area (Å²) in [5.41, 5.74) is 1.71. The van der Waals surface area contributed by atoms with Crippen molar-refractivity contribution in [1.29, 1.82) is 0 Å². The summed E-state index contributed by atoms with van der Waals surface area (Å²) in [5.74, 6) is -0.384. The van der Waals surface area contributed by atoms with E-state index in [0.29, 0.717) is 37.0 Å². The molecule has 1 saturated heterocycles. The summed E-state index contributed by atoms with van der Waals surface area (Å²) in [4.78, 5) is 27.5. The molecule has 1 aliphatic rings. The Hall–Kier alpha value is -2.67. The van der Waals surface area contributed by atoms with Crippen molar-refractivity contribution in [1.82, 2.24) is 19.2 Å². The minimum absolute atomic E-state index is 0.00267. The van der Waals surface area contributed by atoms with Gasteiger partial charge in [-0.25, -0.2) is 4.39 Å². The highest BCUT2D eigenvalue weighted by Crippen LogP contribution is 2.17. The lowest BCUT2D eigenvalue weighted by atomic mass is 10.2. The summed E-state index contributed by atoms with van der Waals surface area (Å²) in [6.07, 6.45) is 7.75. The number of aromatic nitrogens is 2. The van der Waals surface area contributed by atoms with Crippen LogP contribution in [-0.4, -0.2) is 46.0 Å². The highest BCUT2D eigenvalue weighted by molar-refractivity contribution is 5.79. The first-order valence-corrected chi connectivity index (χ1v) is 10.9. The Labute approximate surface area is 175 Å². The van der Waals surface area contributed by atoms with E-state index in [1.807, 2.05) is 6.07 Å². The van der Waals surface area contributed by atoms with Gasteiger partial charge in [-0.1, -0.05) is 12.8 Å². The summed E-state index contributed by atoms with van der Waals surface area (Å²) in [6.45, 7) is 4.15. The van der Waals surface area contributed by atoms with E-state index in [1.165, 1.54) is 37.8 Å². The lowest BCUT2D eigenvalue weighted by Gasteiger charge is -2.19. The van der Waals surface area contributed by atoms with Crippen molar-refractivity contribution in [2.75, 3.05) is 26.2 Å². The summed E-state index contributed by atoms with van der Waals surface area (Å²) in [5, 5.41) is 2.99. The zero-order chi connectivity index (χ0) is 20.9. The Morgan fingerprint density at radius 3 is 2.60 bits per heavy atom. The molecule has 0 radical (unpaired) electrons. The van der Waals surface area contributed by atoms with Crippen molar-refractivity contribution in [2.45, 2.75) is 45.1 Å². The molecule has 7 heteroatoms. The van der Waals surface area contributed by atoms with Crippen LogP contribution in [-0.2, 0) is 11.3 Å². The zero-order valence-electron chi connectivity index (χ0n) is 17.3. The van der Waals surface area contributed by atoms with Crippen LogP contribution in [0.3, 0.4) is 0 Å². The first kappa shape index (κ1) is 20.6. The number of hydrogen-bond donors (Lipinski definition) is 1. The third-order valence-electron chi connectivity index (χ3n) is 5.94. The summed E-state index contributed by atoms with van der Waals surface area (Å²) < 4.78 is 17.2. The van der Waals surface area contributed by atoms with Crippen LogP contribution in [0.1, 0.15) is 38.5 Å². The Balaban J connectivity index is 1.36. The Kier molecular flexibility index (Phi) is 6.47. The van der Waals surface area contributed by atoms with Crippen LogP contribution in [0.15, 0.2) is 41.3 Å². The van der Waals surface area contributed by atoms with Crippen LogP contribution < -0.4 is 10.9 Å². The van der Waals surface area contributed by atoms with E-state index in [1.54, 1.807) is 27.3 Å². The maximum absolute atomic E-state index is 13.9. The van der Waals surface area contributed by atoms with Crippen molar-refractivity contribution in [3.8, 4) is 0 Å². The van der Waals surface area contributed by atoms with E-state index in [9.17, 15) is 14.0 Å². The monoisotopic (exact) mass is 412 g/mol. The highest BCUT2D eigenvalue weighted by atomic mass is 19.1. The van der Waals surface area contributed by atoms with Gasteiger partial charge in [-0.15, -0.1) is 0 Å². The van der Waals surface area contributed by atoms with E-state index in [-0.39, 0.29) is 17.3 Å². The summed E-state index contributed by atoms with van der Waals surface area (Å²) in [7, 11) is 0. The van der Waals surface area contributed by atoms with Gasteiger partial charge in [-0.2, -0.15) is 0 Å². The fourth-order valence-electron chi connectivity index (χ4n) is 4.35. The second-order valence-corrected chi connectivity index (χ2v) is 8.06. The van der Waals surface area contributed by atoms with Crippen LogP contribution in [0.4, 0.5) is 4.39 Å². The number of benzene rings is 1. The van der Waals surface area contributed by atoms with Crippen LogP contribution in [0.25, 0.3) is 16.6 Å². The summed E-state index contributed by atoms with van der Waals surface area (Å²) >= 11 is 0. The molecule has 0 aliphatic carbocycles. The fraction of sp³-hybridized carbons (Fsp3) is 0.478. The number of aryl methyl sites for hydroxylation is 1. The van der Waals surface area contributed by atoms with Gasteiger partial charge in [0.2, 0.25) is 5.91 Å². The summed E-state index contributed by atoms with van der Waals surface area (Å²) in [6, 6.07) is 8.04. The zero-order valence-corrected chi connectivity index (χ0v) is 17.3. The fourth-order valence-corrected chi connectivity index (χ4v) is 4.35. The molecule has 0 saturated carbocycles. The van der Waals surface area contributed by atoms with Crippen molar-refractivity contribution < 1.29 is 9.18 Å².